The Labute approximate surface area is 133 Å². The molecule has 0 fully saturated rings. The van der Waals surface area contributed by atoms with Gasteiger partial charge < -0.3 is 15.4 Å². The fourth-order valence-corrected chi connectivity index (χ4v) is 2.89. The summed E-state index contributed by atoms with van der Waals surface area (Å²) in [6.07, 6.45) is 0. The Balaban J connectivity index is 1.99. The molecule has 0 spiro atoms. The van der Waals surface area contributed by atoms with Crippen molar-refractivity contribution in [1.82, 2.24) is 5.32 Å². The third-order valence-corrected chi connectivity index (χ3v) is 4.05. The zero-order valence-corrected chi connectivity index (χ0v) is 13.4. The minimum absolute atomic E-state index is 0.0754. The van der Waals surface area contributed by atoms with Gasteiger partial charge in [0.1, 0.15) is 4.88 Å². The van der Waals surface area contributed by atoms with Gasteiger partial charge in [0.2, 0.25) is 0 Å². The highest BCUT2D eigenvalue weighted by atomic mass is 32.1. The Bertz CT molecular complexity index is 626. The Morgan fingerprint density at radius 2 is 2.00 bits per heavy atom. The number of ether oxygens (including phenoxy) is 1. The van der Waals surface area contributed by atoms with Crippen LogP contribution in [0.1, 0.15) is 28.2 Å². The molecule has 110 valence electrons. The first-order valence-electron chi connectivity index (χ1n) is 6.40. The average molecular weight is 320 g/mol. The molecule has 1 atom stereocenters. The van der Waals surface area contributed by atoms with E-state index in [1.807, 2.05) is 42.6 Å². The maximum absolute atomic E-state index is 11.6. The molecule has 2 rings (SSSR count). The number of thiocarbonyl (C=S) groups is 1. The van der Waals surface area contributed by atoms with Crippen LogP contribution in [0.3, 0.4) is 0 Å². The lowest BCUT2D eigenvalue weighted by molar-refractivity contribution is 0.0607. The number of esters is 1. The number of anilines is 1. The predicted molar refractivity (Wildman–Crippen MR) is 89.9 cm³/mol. The molecule has 0 saturated heterocycles. The molecule has 0 radical (unpaired) electrons. The van der Waals surface area contributed by atoms with Crippen LogP contribution in [0, 0.1) is 0 Å². The van der Waals surface area contributed by atoms with Crippen molar-refractivity contribution in [3.8, 4) is 0 Å². The molecule has 1 unspecified atom stereocenters. The number of thiophene rings is 1. The van der Waals surface area contributed by atoms with Gasteiger partial charge in [0.15, 0.2) is 5.11 Å². The highest BCUT2D eigenvalue weighted by molar-refractivity contribution is 7.80. The van der Waals surface area contributed by atoms with Crippen LogP contribution in [0.25, 0.3) is 0 Å². The van der Waals surface area contributed by atoms with Crippen LogP contribution < -0.4 is 10.6 Å². The van der Waals surface area contributed by atoms with E-state index in [1.165, 1.54) is 18.4 Å². The van der Waals surface area contributed by atoms with Crippen LogP contribution in [0.5, 0.6) is 0 Å². The zero-order valence-electron chi connectivity index (χ0n) is 11.8. The van der Waals surface area contributed by atoms with Crippen molar-refractivity contribution in [3.63, 3.8) is 0 Å². The van der Waals surface area contributed by atoms with E-state index in [-0.39, 0.29) is 12.0 Å². The fourth-order valence-electron chi connectivity index (χ4n) is 1.84. The molecule has 0 saturated carbocycles. The summed E-state index contributed by atoms with van der Waals surface area (Å²) in [6.45, 7) is 2.03. The number of benzene rings is 1. The lowest BCUT2D eigenvalue weighted by atomic mass is 10.1. The molecule has 21 heavy (non-hydrogen) atoms. The lowest BCUT2D eigenvalue weighted by Gasteiger charge is -2.17. The second kappa shape index (κ2) is 7.19. The second-order valence-corrected chi connectivity index (χ2v) is 5.71. The molecule has 2 N–H and O–H groups in total. The van der Waals surface area contributed by atoms with Crippen molar-refractivity contribution in [2.24, 2.45) is 0 Å². The summed E-state index contributed by atoms with van der Waals surface area (Å²) in [4.78, 5) is 12.1. The number of hydrogen-bond donors (Lipinski definition) is 2. The second-order valence-electron chi connectivity index (χ2n) is 4.39. The number of nitrogens with one attached hydrogen (secondary N) is 2. The molecular weight excluding hydrogens is 304 g/mol. The van der Waals surface area contributed by atoms with E-state index in [0.29, 0.717) is 15.7 Å². The quantitative estimate of drug-likeness (QED) is 0.666. The van der Waals surface area contributed by atoms with Crippen molar-refractivity contribution >= 4 is 40.3 Å². The van der Waals surface area contributed by atoms with Crippen LogP contribution in [-0.2, 0) is 4.74 Å². The molecule has 2 aromatic rings. The molecule has 0 amide bonds. The number of rotatable bonds is 4. The van der Waals surface area contributed by atoms with Crippen molar-refractivity contribution < 1.29 is 9.53 Å². The lowest BCUT2D eigenvalue weighted by Crippen LogP contribution is -2.31. The van der Waals surface area contributed by atoms with Crippen molar-refractivity contribution in [2.75, 3.05) is 12.4 Å². The normalized spacial score (nSPS) is 11.5. The number of carbonyl (C=O) groups is 1. The van der Waals surface area contributed by atoms with Gasteiger partial charge in [-0.05, 0) is 36.2 Å². The standard InChI is InChI=1S/C15H16N2O2S2/c1-10(11-6-4-3-5-7-11)16-15(20)17-12-8-9-21-13(12)14(18)19-2/h3-10H,1-2H3,(H2,16,17,20). The smallest absolute Gasteiger partial charge is 0.350 e. The van der Waals surface area contributed by atoms with Gasteiger partial charge in [-0.15, -0.1) is 11.3 Å². The van der Waals surface area contributed by atoms with Crippen LogP contribution in [0.15, 0.2) is 41.8 Å². The van der Waals surface area contributed by atoms with E-state index >= 15 is 0 Å². The Morgan fingerprint density at radius 3 is 2.67 bits per heavy atom. The van der Waals surface area contributed by atoms with E-state index < -0.39 is 0 Å². The molecule has 0 aliphatic rings. The minimum Gasteiger partial charge on any atom is -0.465 e. The minimum atomic E-state index is -0.369. The van der Waals surface area contributed by atoms with E-state index in [1.54, 1.807) is 6.07 Å². The molecule has 0 aliphatic carbocycles. The van der Waals surface area contributed by atoms with Crippen LogP contribution in [0.2, 0.25) is 0 Å². The van der Waals surface area contributed by atoms with Gasteiger partial charge in [0.05, 0.1) is 18.8 Å². The first kappa shape index (κ1) is 15.5. The highest BCUT2D eigenvalue weighted by Gasteiger charge is 2.15. The maximum atomic E-state index is 11.6. The predicted octanol–water partition coefficient (Wildman–Crippen LogP) is 3.58. The molecular formula is C15H16N2O2S2. The third kappa shape index (κ3) is 4.03. The average Bonchev–Trinajstić information content (AvgIpc) is 2.95. The van der Waals surface area contributed by atoms with Crippen LogP contribution in [-0.4, -0.2) is 18.2 Å². The summed E-state index contributed by atoms with van der Waals surface area (Å²) in [6, 6.07) is 11.9. The molecule has 1 aromatic carbocycles. The first-order valence-corrected chi connectivity index (χ1v) is 7.69. The van der Waals surface area contributed by atoms with Gasteiger partial charge in [0.25, 0.3) is 0 Å². The highest BCUT2D eigenvalue weighted by Crippen LogP contribution is 2.23. The summed E-state index contributed by atoms with van der Waals surface area (Å²) in [5.41, 5.74) is 1.80. The monoisotopic (exact) mass is 320 g/mol. The van der Waals surface area contributed by atoms with E-state index in [2.05, 4.69) is 10.6 Å². The molecule has 0 aliphatic heterocycles. The summed E-state index contributed by atoms with van der Waals surface area (Å²) < 4.78 is 4.74. The molecule has 6 heteroatoms. The van der Waals surface area contributed by atoms with E-state index in [9.17, 15) is 4.79 Å². The molecule has 1 aromatic heterocycles. The maximum Gasteiger partial charge on any atom is 0.350 e. The first-order chi connectivity index (χ1) is 10.1. The van der Waals surface area contributed by atoms with E-state index in [4.69, 9.17) is 17.0 Å². The molecule has 1 heterocycles. The van der Waals surface area contributed by atoms with E-state index in [0.717, 1.165) is 5.56 Å². The summed E-state index contributed by atoms with van der Waals surface area (Å²) in [5.74, 6) is -0.369. The SMILES string of the molecule is COC(=O)c1sccc1NC(=S)NC(C)c1ccccc1. The Kier molecular flexibility index (Phi) is 5.30. The van der Waals surface area contributed by atoms with Crippen LogP contribution in [0.4, 0.5) is 5.69 Å². The van der Waals surface area contributed by atoms with Gasteiger partial charge >= 0.3 is 5.97 Å². The van der Waals surface area contributed by atoms with Gasteiger partial charge in [-0.3, -0.25) is 0 Å². The topological polar surface area (TPSA) is 50.4 Å². The van der Waals surface area contributed by atoms with Gasteiger partial charge in [-0.2, -0.15) is 0 Å². The van der Waals surface area contributed by atoms with Gasteiger partial charge in [-0.1, -0.05) is 30.3 Å². The Morgan fingerprint density at radius 1 is 1.29 bits per heavy atom. The number of hydrogen-bond acceptors (Lipinski definition) is 4. The van der Waals surface area contributed by atoms with Crippen LogP contribution >= 0.6 is 23.6 Å². The molecule has 4 nitrogen and oxygen atoms in total. The fraction of sp³-hybridized carbons (Fsp3) is 0.200. The zero-order chi connectivity index (χ0) is 15.2. The van der Waals surface area contributed by atoms with Gasteiger partial charge in [-0.25, -0.2) is 4.79 Å². The number of carbonyl (C=O) groups excluding carboxylic acids is 1. The summed E-state index contributed by atoms with van der Waals surface area (Å²) >= 11 is 6.61. The Hall–Kier alpha value is -1.92. The summed E-state index contributed by atoms with van der Waals surface area (Å²) in [5, 5.41) is 8.51. The largest absolute Gasteiger partial charge is 0.465 e. The van der Waals surface area contributed by atoms with Crippen molar-refractivity contribution in [3.05, 3.63) is 52.2 Å². The summed E-state index contributed by atoms with van der Waals surface area (Å²) in [7, 11) is 1.36. The van der Waals surface area contributed by atoms with Gasteiger partial charge in [0, 0.05) is 0 Å². The third-order valence-electron chi connectivity index (χ3n) is 2.93. The number of methoxy groups -OCH3 is 1. The van der Waals surface area contributed by atoms with Crippen molar-refractivity contribution in [2.45, 2.75) is 13.0 Å². The molecule has 0 bridgehead atoms. The van der Waals surface area contributed by atoms with Crippen molar-refractivity contribution in [1.29, 1.82) is 0 Å².